The van der Waals surface area contributed by atoms with Gasteiger partial charge in [0.15, 0.2) is 0 Å². The Kier molecular flexibility index (Phi) is 5.94. The largest absolute Gasteiger partial charge is 0.344 e. The summed E-state index contributed by atoms with van der Waals surface area (Å²) in [5.41, 5.74) is -0.323. The number of amides is 2. The summed E-state index contributed by atoms with van der Waals surface area (Å²) in [6.45, 7) is 6.94. The number of nitrogens with one attached hydrogen (secondary N) is 1. The minimum atomic E-state index is -0.692. The summed E-state index contributed by atoms with van der Waals surface area (Å²) in [7, 11) is 1.55. The molecule has 0 aliphatic heterocycles. The molecule has 2 amide bonds. The molecule has 1 N–H and O–H groups in total. The minimum Gasteiger partial charge on any atom is -0.344 e. The quantitative estimate of drug-likeness (QED) is 0.923. The maximum absolute atomic E-state index is 13.7. The molecule has 0 bridgehead atoms. The number of hydrogen-bond acceptors (Lipinski definition) is 2. The van der Waals surface area contributed by atoms with Gasteiger partial charge in [-0.1, -0.05) is 38.4 Å². The van der Waals surface area contributed by atoms with Crippen LogP contribution in [0.2, 0.25) is 5.02 Å². The maximum Gasteiger partial charge on any atom is 0.244 e. The van der Waals surface area contributed by atoms with E-state index in [0.717, 1.165) is 0 Å². The second-order valence-corrected chi connectivity index (χ2v) is 6.75. The van der Waals surface area contributed by atoms with Crippen LogP contribution in [-0.2, 0) is 16.1 Å². The van der Waals surface area contributed by atoms with Crippen LogP contribution >= 0.6 is 11.6 Å². The fourth-order valence-electron chi connectivity index (χ4n) is 1.80. The van der Waals surface area contributed by atoms with E-state index in [9.17, 15) is 14.0 Å². The van der Waals surface area contributed by atoms with Gasteiger partial charge in [-0.3, -0.25) is 9.59 Å². The van der Waals surface area contributed by atoms with E-state index in [1.54, 1.807) is 40.8 Å². The Morgan fingerprint density at radius 2 is 1.95 bits per heavy atom. The molecule has 22 heavy (non-hydrogen) atoms. The summed E-state index contributed by atoms with van der Waals surface area (Å²) in [6, 6.07) is 3.69. The van der Waals surface area contributed by atoms with Gasteiger partial charge in [0.1, 0.15) is 11.9 Å². The van der Waals surface area contributed by atoms with E-state index < -0.39 is 17.3 Å². The van der Waals surface area contributed by atoms with Crippen molar-refractivity contribution in [2.75, 3.05) is 7.05 Å². The van der Waals surface area contributed by atoms with Crippen LogP contribution in [0.4, 0.5) is 4.39 Å². The second-order valence-electron chi connectivity index (χ2n) is 6.34. The molecule has 0 radical (unpaired) electrons. The Morgan fingerprint density at radius 1 is 1.36 bits per heavy atom. The van der Waals surface area contributed by atoms with Crippen molar-refractivity contribution in [1.29, 1.82) is 0 Å². The molecule has 0 aromatic heterocycles. The first-order valence-corrected chi connectivity index (χ1v) is 7.40. The van der Waals surface area contributed by atoms with Crippen LogP contribution in [0.1, 0.15) is 33.3 Å². The van der Waals surface area contributed by atoms with Crippen molar-refractivity contribution < 1.29 is 14.0 Å². The molecule has 4 nitrogen and oxygen atoms in total. The Bertz CT molecular complexity index is 550. The van der Waals surface area contributed by atoms with Crippen LogP contribution < -0.4 is 5.32 Å². The zero-order valence-electron chi connectivity index (χ0n) is 13.5. The number of carbonyl (C=O) groups is 2. The molecule has 0 saturated carbocycles. The normalized spacial score (nSPS) is 12.7. The summed E-state index contributed by atoms with van der Waals surface area (Å²) >= 11 is 5.95. The zero-order chi connectivity index (χ0) is 17.1. The molecule has 0 heterocycles. The highest BCUT2D eigenvalue weighted by Gasteiger charge is 2.26. The lowest BCUT2D eigenvalue weighted by atomic mass is 9.95. The Hall–Kier alpha value is -1.62. The van der Waals surface area contributed by atoms with Gasteiger partial charge in [0.2, 0.25) is 11.8 Å². The van der Waals surface area contributed by atoms with E-state index in [1.807, 2.05) is 0 Å². The predicted molar refractivity (Wildman–Crippen MR) is 84.9 cm³/mol. The van der Waals surface area contributed by atoms with Gasteiger partial charge in [0.25, 0.3) is 0 Å². The summed E-state index contributed by atoms with van der Waals surface area (Å²) in [5, 5.41) is 2.93. The van der Waals surface area contributed by atoms with Gasteiger partial charge < -0.3 is 10.2 Å². The third-order valence-corrected chi connectivity index (χ3v) is 3.59. The third kappa shape index (κ3) is 4.70. The van der Waals surface area contributed by atoms with Crippen LogP contribution in [0.3, 0.4) is 0 Å². The minimum absolute atomic E-state index is 0.0417. The van der Waals surface area contributed by atoms with Crippen molar-refractivity contribution in [3.8, 4) is 0 Å². The molecule has 1 atom stereocenters. The van der Waals surface area contributed by atoms with Crippen LogP contribution in [0.15, 0.2) is 18.2 Å². The SMILES string of the molecule is CC(NC(=O)C(C)(C)C)C(=O)N(C)Cc1c(F)cccc1Cl. The fourth-order valence-corrected chi connectivity index (χ4v) is 2.03. The second kappa shape index (κ2) is 7.09. The highest BCUT2D eigenvalue weighted by atomic mass is 35.5. The summed E-state index contributed by atoms with van der Waals surface area (Å²) in [4.78, 5) is 25.5. The molecule has 0 saturated heterocycles. The average Bonchev–Trinajstić information content (AvgIpc) is 2.40. The van der Waals surface area contributed by atoms with Crippen molar-refractivity contribution >= 4 is 23.4 Å². The number of halogens is 2. The van der Waals surface area contributed by atoms with E-state index in [-0.39, 0.29) is 28.9 Å². The fraction of sp³-hybridized carbons (Fsp3) is 0.500. The van der Waals surface area contributed by atoms with Crippen LogP contribution in [0.25, 0.3) is 0 Å². The van der Waals surface area contributed by atoms with Gasteiger partial charge in [-0.05, 0) is 19.1 Å². The maximum atomic E-state index is 13.7. The molecule has 0 aliphatic rings. The van der Waals surface area contributed by atoms with Crippen molar-refractivity contribution in [2.45, 2.75) is 40.3 Å². The van der Waals surface area contributed by atoms with Gasteiger partial charge >= 0.3 is 0 Å². The van der Waals surface area contributed by atoms with Crippen LogP contribution in [-0.4, -0.2) is 29.8 Å². The Morgan fingerprint density at radius 3 is 2.45 bits per heavy atom. The number of hydrogen-bond donors (Lipinski definition) is 1. The van der Waals surface area contributed by atoms with Crippen LogP contribution in [0, 0.1) is 11.2 Å². The highest BCUT2D eigenvalue weighted by molar-refractivity contribution is 6.31. The van der Waals surface area contributed by atoms with E-state index in [0.29, 0.717) is 0 Å². The first kappa shape index (κ1) is 18.4. The first-order valence-electron chi connectivity index (χ1n) is 7.03. The van der Waals surface area contributed by atoms with E-state index in [1.165, 1.54) is 17.0 Å². The molecule has 6 heteroatoms. The van der Waals surface area contributed by atoms with Crippen molar-refractivity contribution in [3.05, 3.63) is 34.6 Å². The molecular weight excluding hydrogens is 307 g/mol. The topological polar surface area (TPSA) is 49.4 Å². The molecule has 122 valence electrons. The molecule has 0 fully saturated rings. The standard InChI is InChI=1S/C16H22ClFN2O2/c1-10(19-15(22)16(2,3)4)14(21)20(5)9-11-12(17)7-6-8-13(11)18/h6-8,10H,9H2,1-5H3,(H,19,22). The molecule has 0 aliphatic carbocycles. The van der Waals surface area contributed by atoms with Gasteiger partial charge in [-0.2, -0.15) is 0 Å². The Labute approximate surface area is 135 Å². The van der Waals surface area contributed by atoms with Gasteiger partial charge in [0, 0.05) is 29.6 Å². The highest BCUT2D eigenvalue weighted by Crippen LogP contribution is 2.20. The van der Waals surface area contributed by atoms with Gasteiger partial charge in [-0.15, -0.1) is 0 Å². The lowest BCUT2D eigenvalue weighted by Gasteiger charge is -2.25. The number of likely N-dealkylation sites (N-methyl/N-ethyl adjacent to an activating group) is 1. The first-order chi connectivity index (χ1) is 10.0. The number of benzene rings is 1. The molecule has 1 aromatic carbocycles. The van der Waals surface area contributed by atoms with Crippen molar-refractivity contribution in [3.63, 3.8) is 0 Å². The predicted octanol–water partition coefficient (Wildman–Crippen LogP) is 2.99. The summed E-state index contributed by atoms with van der Waals surface area (Å²) in [6.07, 6.45) is 0. The molecule has 1 unspecified atom stereocenters. The summed E-state index contributed by atoms with van der Waals surface area (Å²) in [5.74, 6) is -0.985. The molecule has 1 aromatic rings. The molecule has 0 spiro atoms. The third-order valence-electron chi connectivity index (χ3n) is 3.23. The Balaban J connectivity index is 2.75. The number of nitrogens with zero attached hydrogens (tertiary/aromatic N) is 1. The monoisotopic (exact) mass is 328 g/mol. The van der Waals surface area contributed by atoms with E-state index in [4.69, 9.17) is 11.6 Å². The zero-order valence-corrected chi connectivity index (χ0v) is 14.3. The van der Waals surface area contributed by atoms with E-state index >= 15 is 0 Å². The number of rotatable bonds is 4. The number of carbonyl (C=O) groups excluding carboxylic acids is 2. The lowest BCUT2D eigenvalue weighted by Crippen LogP contribution is -2.48. The van der Waals surface area contributed by atoms with Gasteiger partial charge in [-0.25, -0.2) is 4.39 Å². The van der Waals surface area contributed by atoms with Crippen molar-refractivity contribution in [1.82, 2.24) is 10.2 Å². The van der Waals surface area contributed by atoms with E-state index in [2.05, 4.69) is 5.32 Å². The smallest absolute Gasteiger partial charge is 0.244 e. The molecule has 1 rings (SSSR count). The summed E-state index contributed by atoms with van der Waals surface area (Å²) < 4.78 is 13.7. The molecular formula is C16H22ClFN2O2. The van der Waals surface area contributed by atoms with Crippen molar-refractivity contribution in [2.24, 2.45) is 5.41 Å². The lowest BCUT2D eigenvalue weighted by molar-refractivity contribution is -0.137. The average molecular weight is 329 g/mol. The van der Waals surface area contributed by atoms with Gasteiger partial charge in [0.05, 0.1) is 0 Å². The van der Waals surface area contributed by atoms with Crippen LogP contribution in [0.5, 0.6) is 0 Å².